The van der Waals surface area contributed by atoms with E-state index in [0.29, 0.717) is 18.9 Å². The van der Waals surface area contributed by atoms with Gasteiger partial charge >= 0.3 is 0 Å². The van der Waals surface area contributed by atoms with Crippen LogP contribution in [0.1, 0.15) is 32.6 Å². The Balaban J connectivity index is 1.81. The molecule has 5 heteroatoms. The molecule has 1 amide bonds. The second-order valence-electron chi connectivity index (χ2n) is 5.41. The molecule has 19 heavy (non-hydrogen) atoms. The zero-order chi connectivity index (χ0) is 13.7. The average molecular weight is 264 g/mol. The quantitative estimate of drug-likeness (QED) is 0.870. The highest BCUT2D eigenvalue weighted by Crippen LogP contribution is 2.23. The number of amides is 1. The lowest BCUT2D eigenvalue weighted by molar-refractivity contribution is -0.136. The molecule has 106 valence electrons. The highest BCUT2D eigenvalue weighted by molar-refractivity contribution is 5.76. The Morgan fingerprint density at radius 3 is 3.05 bits per heavy atom. The number of aryl methyl sites for hydroxylation is 1. The number of carbonyl (C=O) groups excluding carboxylic acids is 1. The third-order valence-electron chi connectivity index (χ3n) is 4.04. The monoisotopic (exact) mass is 264 g/mol. The van der Waals surface area contributed by atoms with E-state index in [2.05, 4.69) is 11.9 Å². The summed E-state index contributed by atoms with van der Waals surface area (Å²) in [7, 11) is 0. The van der Waals surface area contributed by atoms with Gasteiger partial charge in [0.05, 0.1) is 6.33 Å². The van der Waals surface area contributed by atoms with Crippen molar-refractivity contribution in [3.05, 3.63) is 18.7 Å². The van der Waals surface area contributed by atoms with Gasteiger partial charge in [-0.3, -0.25) is 4.79 Å². The first-order valence-corrected chi connectivity index (χ1v) is 7.17. The van der Waals surface area contributed by atoms with Crippen LogP contribution in [0.2, 0.25) is 0 Å². The van der Waals surface area contributed by atoms with E-state index >= 15 is 0 Å². The summed E-state index contributed by atoms with van der Waals surface area (Å²) in [6.45, 7) is 4.50. The van der Waals surface area contributed by atoms with Crippen molar-refractivity contribution in [1.29, 1.82) is 0 Å². The zero-order valence-corrected chi connectivity index (χ0v) is 11.7. The maximum Gasteiger partial charge on any atom is 0.222 e. The maximum atomic E-state index is 12.3. The number of piperidine rings is 1. The first-order valence-electron chi connectivity index (χ1n) is 7.17. The molecule has 1 aliphatic heterocycles. The Labute approximate surface area is 114 Å². The number of aromatic nitrogens is 2. The summed E-state index contributed by atoms with van der Waals surface area (Å²) in [4.78, 5) is 18.3. The van der Waals surface area contributed by atoms with Gasteiger partial charge in [-0.05, 0) is 25.2 Å². The third-order valence-corrected chi connectivity index (χ3v) is 4.04. The van der Waals surface area contributed by atoms with Gasteiger partial charge in [0.1, 0.15) is 0 Å². The van der Waals surface area contributed by atoms with Crippen molar-refractivity contribution < 1.29 is 4.79 Å². The van der Waals surface area contributed by atoms with E-state index in [9.17, 15) is 4.79 Å². The molecule has 0 aromatic carbocycles. The summed E-state index contributed by atoms with van der Waals surface area (Å²) in [6, 6.07) is 0.231. The maximum absolute atomic E-state index is 12.3. The van der Waals surface area contributed by atoms with Crippen molar-refractivity contribution in [2.75, 3.05) is 13.1 Å². The molecule has 0 unspecified atom stereocenters. The molecule has 2 N–H and O–H groups in total. The molecule has 2 atom stereocenters. The van der Waals surface area contributed by atoms with E-state index in [1.165, 1.54) is 6.42 Å². The minimum absolute atomic E-state index is 0.231. The van der Waals surface area contributed by atoms with Gasteiger partial charge < -0.3 is 15.2 Å². The van der Waals surface area contributed by atoms with Crippen LogP contribution in [-0.2, 0) is 11.3 Å². The van der Waals surface area contributed by atoms with E-state index in [1.54, 1.807) is 12.5 Å². The molecule has 0 saturated carbocycles. The van der Waals surface area contributed by atoms with E-state index in [4.69, 9.17) is 5.73 Å². The third kappa shape index (κ3) is 3.56. The van der Waals surface area contributed by atoms with Crippen LogP contribution in [0.5, 0.6) is 0 Å². The van der Waals surface area contributed by atoms with Crippen LogP contribution >= 0.6 is 0 Å². The molecule has 5 nitrogen and oxygen atoms in total. The van der Waals surface area contributed by atoms with E-state index < -0.39 is 0 Å². The van der Waals surface area contributed by atoms with Crippen LogP contribution in [0, 0.1) is 5.92 Å². The van der Waals surface area contributed by atoms with Gasteiger partial charge in [-0.2, -0.15) is 0 Å². The fraction of sp³-hybridized carbons (Fsp3) is 0.714. The Morgan fingerprint density at radius 1 is 1.53 bits per heavy atom. The summed E-state index contributed by atoms with van der Waals surface area (Å²) >= 11 is 0. The number of imidazole rings is 1. The molecule has 2 rings (SSSR count). The van der Waals surface area contributed by atoms with Gasteiger partial charge in [0.2, 0.25) is 5.91 Å². The van der Waals surface area contributed by atoms with Gasteiger partial charge in [-0.1, -0.05) is 6.92 Å². The van der Waals surface area contributed by atoms with Crippen molar-refractivity contribution in [1.82, 2.24) is 14.5 Å². The standard InChI is InChI=1S/C14H24N4O/c1-12-4-2-8-18(13(12)10-15)14(19)5-3-7-17-9-6-16-11-17/h6,9,11-13H,2-5,7-8,10,15H2,1H3/t12-,13-/m0/s1. The lowest BCUT2D eigenvalue weighted by Gasteiger charge is -2.39. The summed E-state index contributed by atoms with van der Waals surface area (Å²) in [5, 5.41) is 0. The number of nitrogens with two attached hydrogens (primary N) is 1. The van der Waals surface area contributed by atoms with Gasteiger partial charge in [0, 0.05) is 44.5 Å². The second kappa shape index (κ2) is 6.70. The fourth-order valence-electron chi connectivity index (χ4n) is 2.89. The second-order valence-corrected chi connectivity index (χ2v) is 5.41. The molecule has 0 bridgehead atoms. The van der Waals surface area contributed by atoms with E-state index in [-0.39, 0.29) is 11.9 Å². The highest BCUT2D eigenvalue weighted by atomic mass is 16.2. The Bertz CT molecular complexity index is 390. The van der Waals surface area contributed by atoms with Crippen molar-refractivity contribution in [2.24, 2.45) is 11.7 Å². The lowest BCUT2D eigenvalue weighted by Crippen LogP contribution is -2.51. The van der Waals surface area contributed by atoms with Crippen LogP contribution in [0.4, 0.5) is 0 Å². The van der Waals surface area contributed by atoms with Crippen molar-refractivity contribution in [3.8, 4) is 0 Å². The van der Waals surface area contributed by atoms with E-state index in [0.717, 1.165) is 25.9 Å². The van der Waals surface area contributed by atoms with Crippen LogP contribution in [-0.4, -0.2) is 39.5 Å². The van der Waals surface area contributed by atoms with Gasteiger partial charge in [0.15, 0.2) is 0 Å². The topological polar surface area (TPSA) is 64.2 Å². The Morgan fingerprint density at radius 2 is 2.37 bits per heavy atom. The summed E-state index contributed by atoms with van der Waals surface area (Å²) < 4.78 is 2.01. The van der Waals surface area contributed by atoms with Crippen molar-refractivity contribution >= 4 is 5.91 Å². The number of hydrogen-bond donors (Lipinski definition) is 1. The summed E-state index contributed by atoms with van der Waals surface area (Å²) in [5.74, 6) is 0.776. The SMILES string of the molecule is C[C@H]1CCCN(C(=O)CCCn2ccnc2)[C@H]1CN. The van der Waals surface area contributed by atoms with Gasteiger partial charge in [-0.25, -0.2) is 4.98 Å². The zero-order valence-electron chi connectivity index (χ0n) is 11.7. The molecule has 0 spiro atoms. The minimum Gasteiger partial charge on any atom is -0.338 e. The molecule has 1 fully saturated rings. The Kier molecular flexibility index (Phi) is 4.96. The number of rotatable bonds is 5. The molecule has 1 aromatic heterocycles. The van der Waals surface area contributed by atoms with Crippen LogP contribution in [0.25, 0.3) is 0 Å². The molecular formula is C14H24N4O. The lowest BCUT2D eigenvalue weighted by atomic mass is 9.90. The molecule has 2 heterocycles. The number of likely N-dealkylation sites (tertiary alicyclic amines) is 1. The molecule has 1 aliphatic rings. The Hall–Kier alpha value is -1.36. The average Bonchev–Trinajstić information content (AvgIpc) is 2.91. The van der Waals surface area contributed by atoms with Crippen LogP contribution in [0.15, 0.2) is 18.7 Å². The van der Waals surface area contributed by atoms with E-state index in [1.807, 2.05) is 15.7 Å². The molecular weight excluding hydrogens is 240 g/mol. The minimum atomic E-state index is 0.231. The number of carbonyl (C=O) groups is 1. The predicted molar refractivity (Wildman–Crippen MR) is 74.4 cm³/mol. The molecule has 1 saturated heterocycles. The van der Waals surface area contributed by atoms with Crippen LogP contribution in [0.3, 0.4) is 0 Å². The molecule has 1 aromatic rings. The summed E-state index contributed by atoms with van der Waals surface area (Å²) in [5.41, 5.74) is 5.82. The largest absolute Gasteiger partial charge is 0.338 e. The molecule has 0 radical (unpaired) electrons. The first-order chi connectivity index (χ1) is 9.22. The first kappa shape index (κ1) is 14.1. The van der Waals surface area contributed by atoms with Crippen LogP contribution < -0.4 is 5.73 Å². The van der Waals surface area contributed by atoms with Crippen molar-refractivity contribution in [3.63, 3.8) is 0 Å². The van der Waals surface area contributed by atoms with Gasteiger partial charge in [0.25, 0.3) is 0 Å². The predicted octanol–water partition coefficient (Wildman–Crippen LogP) is 1.25. The molecule has 0 aliphatic carbocycles. The highest BCUT2D eigenvalue weighted by Gasteiger charge is 2.30. The van der Waals surface area contributed by atoms with Gasteiger partial charge in [-0.15, -0.1) is 0 Å². The summed E-state index contributed by atoms with van der Waals surface area (Å²) in [6.07, 6.45) is 9.22. The smallest absolute Gasteiger partial charge is 0.222 e. The number of hydrogen-bond acceptors (Lipinski definition) is 3. The number of nitrogens with zero attached hydrogens (tertiary/aromatic N) is 3. The van der Waals surface area contributed by atoms with Crippen molar-refractivity contribution in [2.45, 2.75) is 45.2 Å². The fourth-order valence-corrected chi connectivity index (χ4v) is 2.89. The normalized spacial score (nSPS) is 23.6.